The summed E-state index contributed by atoms with van der Waals surface area (Å²) < 4.78 is 11.9. The van der Waals surface area contributed by atoms with Gasteiger partial charge in [-0.05, 0) is 55.2 Å². The Kier molecular flexibility index (Phi) is 4.87. The highest BCUT2D eigenvalue weighted by Crippen LogP contribution is 2.60. The Labute approximate surface area is 181 Å². The van der Waals surface area contributed by atoms with Crippen molar-refractivity contribution in [1.29, 1.82) is 0 Å². The van der Waals surface area contributed by atoms with Gasteiger partial charge in [-0.2, -0.15) is 0 Å². The van der Waals surface area contributed by atoms with Gasteiger partial charge in [-0.3, -0.25) is 0 Å². The molecule has 2 aliphatic carbocycles. The van der Waals surface area contributed by atoms with Crippen molar-refractivity contribution < 1.29 is 9.47 Å². The largest absolute Gasteiger partial charge is 0.485 e. The maximum atomic E-state index is 6.01. The summed E-state index contributed by atoms with van der Waals surface area (Å²) in [4.78, 5) is 4.74. The highest BCUT2D eigenvalue weighted by molar-refractivity contribution is 7.13. The van der Waals surface area contributed by atoms with E-state index in [0.717, 1.165) is 29.3 Å². The van der Waals surface area contributed by atoms with Gasteiger partial charge in [0.2, 0.25) is 0 Å². The standard InChI is InChI=1S/C26H25NO2S/c1-4-9-18(5-2)27(19-10-7-6-8-11-19)23-13-12-20(21-16-22(21)23)26-25-24(17(3)30-26)28-14-15-29-25/h4-13,21-22H,1-2,14-16H2,3H3/b18-9+. The topological polar surface area (TPSA) is 21.7 Å². The van der Waals surface area contributed by atoms with Crippen molar-refractivity contribution in [2.75, 3.05) is 18.1 Å². The molecule has 3 nitrogen and oxygen atoms in total. The van der Waals surface area contributed by atoms with E-state index in [0.29, 0.717) is 25.0 Å². The van der Waals surface area contributed by atoms with Crippen LogP contribution in [0.1, 0.15) is 16.2 Å². The monoisotopic (exact) mass is 415 g/mol. The molecule has 0 saturated heterocycles. The molecule has 2 unspecified atom stereocenters. The fourth-order valence-corrected chi connectivity index (χ4v) is 5.57. The van der Waals surface area contributed by atoms with Gasteiger partial charge in [-0.25, -0.2) is 0 Å². The van der Waals surface area contributed by atoms with E-state index in [1.807, 2.05) is 24.3 Å². The minimum Gasteiger partial charge on any atom is -0.485 e. The van der Waals surface area contributed by atoms with Crippen LogP contribution < -0.4 is 14.4 Å². The van der Waals surface area contributed by atoms with Gasteiger partial charge in [0.15, 0.2) is 11.5 Å². The lowest BCUT2D eigenvalue weighted by molar-refractivity contribution is 0.172. The van der Waals surface area contributed by atoms with Gasteiger partial charge < -0.3 is 14.4 Å². The number of rotatable bonds is 6. The lowest BCUT2D eigenvalue weighted by Crippen LogP contribution is -2.23. The molecule has 0 bridgehead atoms. The van der Waals surface area contributed by atoms with Gasteiger partial charge in [-0.1, -0.05) is 43.5 Å². The molecule has 0 N–H and O–H groups in total. The van der Waals surface area contributed by atoms with Crippen molar-refractivity contribution in [3.8, 4) is 11.5 Å². The summed E-state index contributed by atoms with van der Waals surface area (Å²) in [5, 5.41) is 0. The van der Waals surface area contributed by atoms with E-state index < -0.39 is 0 Å². The first kappa shape index (κ1) is 19.0. The van der Waals surface area contributed by atoms with Crippen LogP contribution in [0.5, 0.6) is 11.5 Å². The van der Waals surface area contributed by atoms with Crippen molar-refractivity contribution in [2.45, 2.75) is 13.3 Å². The number of thiophene rings is 1. The zero-order valence-electron chi connectivity index (χ0n) is 17.1. The van der Waals surface area contributed by atoms with Crippen LogP contribution in [-0.4, -0.2) is 13.2 Å². The molecule has 0 spiro atoms. The number of aryl methyl sites for hydroxylation is 1. The van der Waals surface area contributed by atoms with Crippen molar-refractivity contribution in [3.05, 3.63) is 95.0 Å². The quantitative estimate of drug-likeness (QED) is 0.502. The second-order valence-corrected chi connectivity index (χ2v) is 8.93. The maximum absolute atomic E-state index is 6.01. The molecule has 5 rings (SSSR count). The molecule has 30 heavy (non-hydrogen) atoms. The number of para-hydroxylation sites is 1. The van der Waals surface area contributed by atoms with Crippen LogP contribution in [0.4, 0.5) is 5.69 Å². The van der Waals surface area contributed by atoms with Crippen LogP contribution in [0.15, 0.2) is 85.3 Å². The number of hydrogen-bond donors (Lipinski definition) is 0. The minimum absolute atomic E-state index is 0.487. The average Bonchev–Trinajstić information content (AvgIpc) is 3.52. The number of nitrogens with zero attached hydrogens (tertiary/aromatic N) is 1. The predicted molar refractivity (Wildman–Crippen MR) is 125 cm³/mol. The lowest BCUT2D eigenvalue weighted by Gasteiger charge is -2.30. The molecule has 2 heterocycles. The van der Waals surface area contributed by atoms with E-state index >= 15 is 0 Å². The van der Waals surface area contributed by atoms with Gasteiger partial charge in [0.25, 0.3) is 0 Å². The van der Waals surface area contributed by atoms with Crippen molar-refractivity contribution >= 4 is 22.6 Å². The number of fused-ring (bicyclic) bond motifs is 2. The molecule has 1 saturated carbocycles. The zero-order chi connectivity index (χ0) is 20.7. The number of ether oxygens (including phenoxy) is 2. The molecule has 0 radical (unpaired) electrons. The summed E-state index contributed by atoms with van der Waals surface area (Å²) in [6, 6.07) is 10.5. The Morgan fingerprint density at radius 3 is 2.57 bits per heavy atom. The highest BCUT2D eigenvalue weighted by atomic mass is 32.1. The van der Waals surface area contributed by atoms with Gasteiger partial charge >= 0.3 is 0 Å². The van der Waals surface area contributed by atoms with E-state index in [1.54, 1.807) is 11.3 Å². The lowest BCUT2D eigenvalue weighted by atomic mass is 9.99. The minimum atomic E-state index is 0.487. The molecule has 3 aliphatic rings. The van der Waals surface area contributed by atoms with E-state index in [4.69, 9.17) is 9.47 Å². The Morgan fingerprint density at radius 2 is 1.83 bits per heavy atom. The van der Waals surface area contributed by atoms with Crippen molar-refractivity contribution in [3.63, 3.8) is 0 Å². The third kappa shape index (κ3) is 3.12. The normalized spacial score (nSPS) is 21.8. The second kappa shape index (κ2) is 7.69. The number of benzene rings is 1. The van der Waals surface area contributed by atoms with E-state index in [1.165, 1.54) is 21.0 Å². The first-order chi connectivity index (χ1) is 14.7. The second-order valence-electron chi connectivity index (χ2n) is 7.71. The van der Waals surface area contributed by atoms with Crippen LogP contribution in [-0.2, 0) is 0 Å². The first-order valence-electron chi connectivity index (χ1n) is 10.3. The average molecular weight is 416 g/mol. The number of hydrogen-bond acceptors (Lipinski definition) is 4. The molecular formula is C26H25NO2S. The van der Waals surface area contributed by atoms with Crippen LogP contribution in [0, 0.1) is 18.8 Å². The first-order valence-corrected chi connectivity index (χ1v) is 11.2. The smallest absolute Gasteiger partial charge is 0.179 e. The molecule has 4 heteroatoms. The van der Waals surface area contributed by atoms with Gasteiger partial charge in [0, 0.05) is 27.9 Å². The van der Waals surface area contributed by atoms with Gasteiger partial charge in [0.05, 0.1) is 4.88 Å². The third-order valence-corrected chi connectivity index (χ3v) is 6.97. The summed E-state index contributed by atoms with van der Waals surface area (Å²) in [6.45, 7) is 11.3. The molecule has 1 aromatic heterocycles. The third-order valence-electron chi connectivity index (χ3n) is 5.86. The maximum Gasteiger partial charge on any atom is 0.179 e. The summed E-state index contributed by atoms with van der Waals surface area (Å²) in [5.41, 5.74) is 4.86. The molecular weight excluding hydrogens is 390 g/mol. The van der Waals surface area contributed by atoms with Crippen molar-refractivity contribution in [2.24, 2.45) is 11.8 Å². The Morgan fingerprint density at radius 1 is 1.07 bits per heavy atom. The fraction of sp³-hybridized carbons (Fsp3) is 0.231. The molecule has 152 valence electrons. The molecule has 0 amide bonds. The van der Waals surface area contributed by atoms with Crippen LogP contribution in [0.25, 0.3) is 5.57 Å². The Balaban J connectivity index is 1.57. The molecule has 1 aromatic carbocycles. The Bertz CT molecular complexity index is 1090. The highest BCUT2D eigenvalue weighted by Gasteiger charge is 2.48. The summed E-state index contributed by atoms with van der Waals surface area (Å²) in [6.07, 6.45) is 11.4. The summed E-state index contributed by atoms with van der Waals surface area (Å²) in [7, 11) is 0. The SMILES string of the molecule is C=C/C=C(\C=C)N(C1=CC=C(c2sc(C)c3c2OCCO3)C2CC12)c1ccccc1. The van der Waals surface area contributed by atoms with E-state index in [9.17, 15) is 0 Å². The summed E-state index contributed by atoms with van der Waals surface area (Å²) in [5.74, 6) is 2.87. The molecule has 2 atom stereocenters. The molecule has 1 aliphatic heterocycles. The van der Waals surface area contributed by atoms with E-state index in [-0.39, 0.29) is 0 Å². The van der Waals surface area contributed by atoms with Crippen LogP contribution in [0.3, 0.4) is 0 Å². The zero-order valence-corrected chi connectivity index (χ0v) is 18.0. The van der Waals surface area contributed by atoms with Gasteiger partial charge in [0.1, 0.15) is 13.2 Å². The number of anilines is 1. The van der Waals surface area contributed by atoms with Crippen molar-refractivity contribution in [1.82, 2.24) is 0 Å². The number of allylic oxidation sites excluding steroid dienone is 7. The molecule has 2 aromatic rings. The molecule has 1 fully saturated rings. The fourth-order valence-electron chi connectivity index (χ4n) is 4.44. The van der Waals surface area contributed by atoms with Gasteiger partial charge in [-0.15, -0.1) is 11.3 Å². The summed E-state index contributed by atoms with van der Waals surface area (Å²) >= 11 is 1.79. The van der Waals surface area contributed by atoms with Crippen LogP contribution in [0.2, 0.25) is 0 Å². The Hall–Kier alpha value is -2.98. The predicted octanol–water partition coefficient (Wildman–Crippen LogP) is 6.51. The van der Waals surface area contributed by atoms with Crippen LogP contribution >= 0.6 is 11.3 Å². The van der Waals surface area contributed by atoms with E-state index in [2.05, 4.69) is 61.4 Å².